The summed E-state index contributed by atoms with van der Waals surface area (Å²) in [6.07, 6.45) is 2.33. The van der Waals surface area contributed by atoms with Crippen LogP contribution in [0, 0.1) is 6.92 Å². The molecule has 0 unspecified atom stereocenters. The lowest BCUT2D eigenvalue weighted by Gasteiger charge is -2.11. The zero-order chi connectivity index (χ0) is 14.0. The van der Waals surface area contributed by atoms with Crippen LogP contribution in [0.5, 0.6) is 0 Å². The second-order valence-corrected chi connectivity index (χ2v) is 6.33. The smallest absolute Gasteiger partial charge is 0.264 e. The number of nitrogens with one attached hydrogen (secondary N) is 1. The number of benzene rings is 1. The first-order chi connectivity index (χ1) is 8.90. The van der Waals surface area contributed by atoms with Gasteiger partial charge in [0.2, 0.25) is 5.95 Å². The topological polar surface area (TPSA) is 98.0 Å². The minimum absolute atomic E-state index is 0.0255. The van der Waals surface area contributed by atoms with Gasteiger partial charge in [-0.2, -0.15) is 0 Å². The number of hydrogen-bond acceptors (Lipinski definition) is 5. The summed E-state index contributed by atoms with van der Waals surface area (Å²) in [4.78, 5) is 7.29. The van der Waals surface area contributed by atoms with Crippen molar-refractivity contribution in [2.24, 2.45) is 0 Å². The Labute approximate surface area is 119 Å². The van der Waals surface area contributed by atoms with Gasteiger partial charge < -0.3 is 5.73 Å². The molecule has 0 aliphatic carbocycles. The number of nitrogens with two attached hydrogens (primary N) is 1. The van der Waals surface area contributed by atoms with Crippen LogP contribution in [-0.4, -0.2) is 18.4 Å². The summed E-state index contributed by atoms with van der Waals surface area (Å²) in [6.45, 7) is 1.81. The summed E-state index contributed by atoms with van der Waals surface area (Å²) in [5, 5.41) is 0. The van der Waals surface area contributed by atoms with Crippen molar-refractivity contribution in [1.29, 1.82) is 0 Å². The zero-order valence-electron chi connectivity index (χ0n) is 9.96. The third-order valence-electron chi connectivity index (χ3n) is 2.47. The van der Waals surface area contributed by atoms with E-state index in [2.05, 4.69) is 30.6 Å². The van der Waals surface area contributed by atoms with Gasteiger partial charge in [-0.3, -0.25) is 4.72 Å². The Morgan fingerprint density at radius 2 is 1.89 bits per heavy atom. The molecule has 0 saturated carbocycles. The summed E-state index contributed by atoms with van der Waals surface area (Å²) in [7, 11) is -3.72. The molecule has 3 N–H and O–H groups in total. The Kier molecular flexibility index (Phi) is 3.72. The summed E-state index contributed by atoms with van der Waals surface area (Å²) >= 11 is 3.34. The normalized spacial score (nSPS) is 11.3. The van der Waals surface area contributed by atoms with E-state index in [9.17, 15) is 8.42 Å². The highest BCUT2D eigenvalue weighted by atomic mass is 79.9. The maximum absolute atomic E-state index is 12.1. The van der Waals surface area contributed by atoms with E-state index in [4.69, 9.17) is 5.73 Å². The Bertz CT molecular complexity index is 701. The molecule has 1 heterocycles. The first kappa shape index (κ1) is 13.8. The van der Waals surface area contributed by atoms with Crippen LogP contribution in [0.4, 0.5) is 11.6 Å². The van der Waals surface area contributed by atoms with E-state index < -0.39 is 10.0 Å². The van der Waals surface area contributed by atoms with Gasteiger partial charge in [0.1, 0.15) is 4.90 Å². The van der Waals surface area contributed by atoms with Crippen molar-refractivity contribution in [2.45, 2.75) is 11.8 Å². The molecule has 0 spiro atoms. The molecule has 1 aromatic heterocycles. The van der Waals surface area contributed by atoms with Gasteiger partial charge in [-0.05, 0) is 24.6 Å². The molecule has 0 aliphatic rings. The Morgan fingerprint density at radius 3 is 2.53 bits per heavy atom. The van der Waals surface area contributed by atoms with Crippen LogP contribution in [-0.2, 0) is 10.0 Å². The molecule has 8 heteroatoms. The second-order valence-electron chi connectivity index (χ2n) is 3.79. The number of sulfonamides is 1. The average molecular weight is 343 g/mol. The van der Waals surface area contributed by atoms with Crippen LogP contribution in [0.2, 0.25) is 0 Å². The highest BCUT2D eigenvalue weighted by Crippen LogP contribution is 2.25. The number of nitrogens with zero attached hydrogens (tertiary/aromatic N) is 2. The quantitative estimate of drug-likeness (QED) is 0.887. The van der Waals surface area contributed by atoms with Gasteiger partial charge in [0, 0.05) is 4.47 Å². The maximum atomic E-state index is 12.1. The fourth-order valence-corrected chi connectivity index (χ4v) is 2.76. The summed E-state index contributed by atoms with van der Waals surface area (Å²) in [5.41, 5.74) is 6.61. The first-order valence-electron chi connectivity index (χ1n) is 5.25. The summed E-state index contributed by atoms with van der Waals surface area (Å²) in [5.74, 6) is 0.0255. The van der Waals surface area contributed by atoms with Crippen LogP contribution in [0.15, 0.2) is 40.0 Å². The van der Waals surface area contributed by atoms with E-state index in [1.54, 1.807) is 19.1 Å². The molecule has 100 valence electrons. The van der Waals surface area contributed by atoms with E-state index in [-0.39, 0.29) is 10.8 Å². The molecule has 2 aromatic rings. The van der Waals surface area contributed by atoms with Crippen molar-refractivity contribution in [3.63, 3.8) is 0 Å². The molecule has 1 aromatic carbocycles. The largest absolute Gasteiger partial charge is 0.368 e. The third-order valence-corrected chi connectivity index (χ3v) is 4.65. The predicted molar refractivity (Wildman–Crippen MR) is 76.1 cm³/mol. The van der Waals surface area contributed by atoms with Crippen molar-refractivity contribution in [3.8, 4) is 0 Å². The highest BCUT2D eigenvalue weighted by molar-refractivity contribution is 9.10. The van der Waals surface area contributed by atoms with E-state index >= 15 is 0 Å². The monoisotopic (exact) mass is 342 g/mol. The number of aromatic nitrogens is 2. The fourth-order valence-electron chi connectivity index (χ4n) is 1.39. The van der Waals surface area contributed by atoms with Crippen molar-refractivity contribution < 1.29 is 8.42 Å². The summed E-state index contributed by atoms with van der Waals surface area (Å²) < 4.78 is 27.6. The van der Waals surface area contributed by atoms with Crippen LogP contribution >= 0.6 is 15.9 Å². The first-order valence-corrected chi connectivity index (χ1v) is 7.53. The van der Waals surface area contributed by atoms with Crippen molar-refractivity contribution in [2.75, 3.05) is 10.5 Å². The predicted octanol–water partition coefficient (Wildman–Crippen LogP) is 1.93. The minimum Gasteiger partial charge on any atom is -0.368 e. The number of halogens is 1. The number of hydrogen-bond donors (Lipinski definition) is 2. The molecule has 0 fully saturated rings. The van der Waals surface area contributed by atoms with Gasteiger partial charge in [-0.15, -0.1) is 0 Å². The van der Waals surface area contributed by atoms with Crippen LogP contribution in [0.3, 0.4) is 0 Å². The Balaban J connectivity index is 2.36. The van der Waals surface area contributed by atoms with Gasteiger partial charge in [-0.25, -0.2) is 18.4 Å². The van der Waals surface area contributed by atoms with Crippen LogP contribution in [0.25, 0.3) is 0 Å². The molecule has 6 nitrogen and oxygen atoms in total. The molecular weight excluding hydrogens is 332 g/mol. The second kappa shape index (κ2) is 5.14. The van der Waals surface area contributed by atoms with Crippen molar-refractivity contribution in [3.05, 3.63) is 40.6 Å². The van der Waals surface area contributed by atoms with Gasteiger partial charge in [-0.1, -0.05) is 22.0 Å². The molecule has 0 radical (unpaired) electrons. The molecule has 0 amide bonds. The molecule has 0 aliphatic heterocycles. The maximum Gasteiger partial charge on any atom is 0.264 e. The standard InChI is InChI=1S/C11H11BrN4O2S/c1-7-9(12)3-2-4-10(7)16-19(17,18)8-5-14-11(13)15-6-8/h2-6,16H,1H3,(H2,13,14,15). The molecular formula is C11H11BrN4O2S. The van der Waals surface area contributed by atoms with E-state index in [1.165, 1.54) is 0 Å². The van der Waals surface area contributed by atoms with Crippen molar-refractivity contribution in [1.82, 2.24) is 9.97 Å². The van der Waals surface area contributed by atoms with Crippen LogP contribution in [0.1, 0.15) is 5.56 Å². The van der Waals surface area contributed by atoms with E-state index in [1.807, 2.05) is 6.07 Å². The highest BCUT2D eigenvalue weighted by Gasteiger charge is 2.16. The Morgan fingerprint density at radius 1 is 1.26 bits per heavy atom. The number of nitrogen functional groups attached to an aromatic ring is 1. The lowest BCUT2D eigenvalue weighted by Crippen LogP contribution is -2.14. The Hall–Kier alpha value is -1.67. The van der Waals surface area contributed by atoms with E-state index in [0.29, 0.717) is 5.69 Å². The third kappa shape index (κ3) is 3.02. The van der Waals surface area contributed by atoms with Gasteiger partial charge in [0.15, 0.2) is 0 Å². The molecule has 0 atom stereocenters. The zero-order valence-corrected chi connectivity index (χ0v) is 12.4. The fraction of sp³-hybridized carbons (Fsp3) is 0.0909. The van der Waals surface area contributed by atoms with E-state index in [0.717, 1.165) is 22.4 Å². The van der Waals surface area contributed by atoms with Gasteiger partial charge in [0.25, 0.3) is 10.0 Å². The number of rotatable bonds is 3. The molecule has 0 saturated heterocycles. The van der Waals surface area contributed by atoms with Crippen LogP contribution < -0.4 is 10.5 Å². The average Bonchev–Trinajstić information content (AvgIpc) is 2.35. The molecule has 2 rings (SSSR count). The summed E-state index contributed by atoms with van der Waals surface area (Å²) in [6, 6.07) is 5.25. The molecule has 0 bridgehead atoms. The number of anilines is 2. The lowest BCUT2D eigenvalue weighted by atomic mass is 10.2. The molecule has 19 heavy (non-hydrogen) atoms. The van der Waals surface area contributed by atoms with Crippen molar-refractivity contribution >= 4 is 37.6 Å². The van der Waals surface area contributed by atoms with Gasteiger partial charge in [0.05, 0.1) is 18.1 Å². The SMILES string of the molecule is Cc1c(Br)cccc1NS(=O)(=O)c1cnc(N)nc1. The lowest BCUT2D eigenvalue weighted by molar-refractivity contribution is 0.600. The minimum atomic E-state index is -3.72. The van der Waals surface area contributed by atoms with Gasteiger partial charge >= 0.3 is 0 Å².